The number of hydrogen-bond donors (Lipinski definition) is 2. The van der Waals surface area contributed by atoms with Crippen molar-refractivity contribution in [3.63, 3.8) is 0 Å². The van der Waals surface area contributed by atoms with Crippen molar-refractivity contribution < 1.29 is 19.1 Å². The summed E-state index contributed by atoms with van der Waals surface area (Å²) in [5.41, 5.74) is 0.310. The third-order valence-corrected chi connectivity index (χ3v) is 3.69. The molecule has 6 heteroatoms. The normalized spacial score (nSPS) is 15.9. The van der Waals surface area contributed by atoms with Crippen molar-refractivity contribution in [2.45, 2.75) is 25.3 Å². The molecule has 1 saturated carbocycles. The van der Waals surface area contributed by atoms with Gasteiger partial charge in [-0.25, -0.2) is 4.39 Å². The lowest BCUT2D eigenvalue weighted by atomic mass is 10.1. The largest absolute Gasteiger partial charge is 0.481 e. The third kappa shape index (κ3) is 3.76. The number of halogens is 2. The zero-order valence-corrected chi connectivity index (χ0v) is 11.6. The van der Waals surface area contributed by atoms with E-state index in [9.17, 15) is 14.0 Å². The van der Waals surface area contributed by atoms with Gasteiger partial charge in [-0.05, 0) is 52.9 Å². The van der Waals surface area contributed by atoms with E-state index < -0.39 is 11.8 Å². The molecule has 0 heterocycles. The van der Waals surface area contributed by atoms with Crippen molar-refractivity contribution >= 4 is 27.8 Å². The van der Waals surface area contributed by atoms with Gasteiger partial charge in [-0.1, -0.05) is 0 Å². The second-order valence-electron chi connectivity index (χ2n) is 4.64. The highest BCUT2D eigenvalue weighted by Gasteiger charge is 2.33. The van der Waals surface area contributed by atoms with E-state index >= 15 is 0 Å². The van der Waals surface area contributed by atoms with E-state index in [-0.39, 0.29) is 28.8 Å². The van der Waals surface area contributed by atoms with Crippen LogP contribution >= 0.6 is 15.9 Å². The Labute approximate surface area is 118 Å². The molecule has 0 aromatic heterocycles. The SMILES string of the molecule is O=C(O)CC(NC(=O)c1ccc(F)c(Br)c1)C1CC1. The van der Waals surface area contributed by atoms with Crippen molar-refractivity contribution in [1.29, 1.82) is 0 Å². The number of carboxylic acids is 1. The number of aliphatic carboxylic acids is 1. The van der Waals surface area contributed by atoms with E-state index in [2.05, 4.69) is 21.2 Å². The first kappa shape index (κ1) is 14.0. The molecule has 1 fully saturated rings. The smallest absolute Gasteiger partial charge is 0.305 e. The molecule has 1 unspecified atom stereocenters. The van der Waals surface area contributed by atoms with Crippen LogP contribution in [0.3, 0.4) is 0 Å². The van der Waals surface area contributed by atoms with E-state index in [1.165, 1.54) is 18.2 Å². The molecule has 0 saturated heterocycles. The van der Waals surface area contributed by atoms with Crippen LogP contribution in [-0.2, 0) is 4.79 Å². The first-order chi connectivity index (χ1) is 8.97. The zero-order chi connectivity index (χ0) is 14.0. The van der Waals surface area contributed by atoms with Gasteiger partial charge in [0.1, 0.15) is 5.82 Å². The number of amides is 1. The highest BCUT2D eigenvalue weighted by Crippen LogP contribution is 2.34. The molecule has 1 aliphatic carbocycles. The van der Waals surface area contributed by atoms with Crippen molar-refractivity contribution in [2.75, 3.05) is 0 Å². The Kier molecular flexibility index (Phi) is 4.19. The molecule has 4 nitrogen and oxygen atoms in total. The summed E-state index contributed by atoms with van der Waals surface area (Å²) in [5, 5.41) is 11.5. The Balaban J connectivity index is 2.05. The highest BCUT2D eigenvalue weighted by molar-refractivity contribution is 9.10. The molecule has 0 spiro atoms. The number of rotatable bonds is 5. The van der Waals surface area contributed by atoms with Gasteiger partial charge in [-0.3, -0.25) is 9.59 Å². The van der Waals surface area contributed by atoms with Gasteiger partial charge < -0.3 is 10.4 Å². The van der Waals surface area contributed by atoms with E-state index in [0.29, 0.717) is 5.56 Å². The van der Waals surface area contributed by atoms with Gasteiger partial charge in [0.05, 0.1) is 10.9 Å². The fourth-order valence-electron chi connectivity index (χ4n) is 1.91. The monoisotopic (exact) mass is 329 g/mol. The van der Waals surface area contributed by atoms with Crippen LogP contribution in [0.25, 0.3) is 0 Å². The fraction of sp³-hybridized carbons (Fsp3) is 0.385. The van der Waals surface area contributed by atoms with Crippen molar-refractivity contribution in [3.05, 3.63) is 34.1 Å². The van der Waals surface area contributed by atoms with Crippen LogP contribution in [0.2, 0.25) is 0 Å². The molecule has 2 N–H and O–H groups in total. The van der Waals surface area contributed by atoms with Gasteiger partial charge in [0, 0.05) is 11.6 Å². The van der Waals surface area contributed by atoms with Crippen molar-refractivity contribution in [1.82, 2.24) is 5.32 Å². The van der Waals surface area contributed by atoms with Gasteiger partial charge >= 0.3 is 5.97 Å². The lowest BCUT2D eigenvalue weighted by Crippen LogP contribution is -2.38. The molecule has 1 aromatic rings. The molecule has 0 aliphatic heterocycles. The number of hydrogen-bond acceptors (Lipinski definition) is 2. The summed E-state index contributed by atoms with van der Waals surface area (Å²) in [7, 11) is 0. The van der Waals surface area contributed by atoms with E-state index in [1.54, 1.807) is 0 Å². The van der Waals surface area contributed by atoms with Crippen LogP contribution < -0.4 is 5.32 Å². The van der Waals surface area contributed by atoms with Crippen molar-refractivity contribution in [2.24, 2.45) is 5.92 Å². The Bertz CT molecular complexity index is 517. The second-order valence-corrected chi connectivity index (χ2v) is 5.50. The minimum atomic E-state index is -0.933. The van der Waals surface area contributed by atoms with Crippen LogP contribution in [0.15, 0.2) is 22.7 Å². The summed E-state index contributed by atoms with van der Waals surface area (Å²) in [6.45, 7) is 0. The standard InChI is InChI=1S/C13H13BrFNO3/c14-9-5-8(3-4-10(9)15)13(19)16-11(6-12(17)18)7-1-2-7/h3-5,7,11H,1-2,6H2,(H,16,19)(H,17,18). The average Bonchev–Trinajstić information content (AvgIpc) is 3.15. The number of nitrogens with one attached hydrogen (secondary N) is 1. The van der Waals surface area contributed by atoms with Gasteiger partial charge in [-0.15, -0.1) is 0 Å². The summed E-state index contributed by atoms with van der Waals surface area (Å²) in [4.78, 5) is 22.7. The first-order valence-electron chi connectivity index (χ1n) is 5.95. The Morgan fingerprint density at radius 3 is 2.68 bits per heavy atom. The maximum atomic E-state index is 13.1. The molecule has 19 heavy (non-hydrogen) atoms. The van der Waals surface area contributed by atoms with Gasteiger partial charge in [0.15, 0.2) is 0 Å². The number of carboxylic acid groups (broad SMARTS) is 1. The highest BCUT2D eigenvalue weighted by atomic mass is 79.9. The zero-order valence-electron chi connectivity index (χ0n) is 10.0. The molecular formula is C13H13BrFNO3. The predicted octanol–water partition coefficient (Wildman–Crippen LogP) is 2.57. The Morgan fingerprint density at radius 1 is 1.47 bits per heavy atom. The van der Waals surface area contributed by atoms with Gasteiger partial charge in [0.25, 0.3) is 5.91 Å². The van der Waals surface area contributed by atoms with Crippen LogP contribution in [0, 0.1) is 11.7 Å². The van der Waals surface area contributed by atoms with Gasteiger partial charge in [0.2, 0.25) is 0 Å². The first-order valence-corrected chi connectivity index (χ1v) is 6.74. The van der Waals surface area contributed by atoms with E-state index in [4.69, 9.17) is 5.11 Å². The lowest BCUT2D eigenvalue weighted by Gasteiger charge is -2.16. The van der Waals surface area contributed by atoms with Crippen LogP contribution in [0.5, 0.6) is 0 Å². The van der Waals surface area contributed by atoms with Crippen molar-refractivity contribution in [3.8, 4) is 0 Å². The third-order valence-electron chi connectivity index (χ3n) is 3.08. The average molecular weight is 330 g/mol. The lowest BCUT2D eigenvalue weighted by molar-refractivity contribution is -0.137. The minimum Gasteiger partial charge on any atom is -0.481 e. The van der Waals surface area contributed by atoms with Crippen LogP contribution in [0.1, 0.15) is 29.6 Å². The van der Waals surface area contributed by atoms with Gasteiger partial charge in [-0.2, -0.15) is 0 Å². The molecule has 1 amide bonds. The predicted molar refractivity (Wildman–Crippen MR) is 70.3 cm³/mol. The maximum absolute atomic E-state index is 13.1. The van der Waals surface area contributed by atoms with E-state index in [0.717, 1.165) is 12.8 Å². The van der Waals surface area contributed by atoms with E-state index in [1.807, 2.05) is 0 Å². The fourth-order valence-corrected chi connectivity index (χ4v) is 2.29. The summed E-state index contributed by atoms with van der Waals surface area (Å²) in [6.07, 6.45) is 1.79. The second kappa shape index (κ2) is 5.69. The maximum Gasteiger partial charge on any atom is 0.305 e. The summed E-state index contributed by atoms with van der Waals surface area (Å²) in [6, 6.07) is 3.60. The summed E-state index contributed by atoms with van der Waals surface area (Å²) >= 11 is 3.01. The summed E-state index contributed by atoms with van der Waals surface area (Å²) in [5.74, 6) is -1.51. The molecular weight excluding hydrogens is 317 g/mol. The Morgan fingerprint density at radius 2 is 2.16 bits per heavy atom. The minimum absolute atomic E-state index is 0.0846. The molecule has 2 rings (SSSR count). The van der Waals surface area contributed by atoms with Crippen LogP contribution in [-0.4, -0.2) is 23.0 Å². The molecule has 1 aliphatic rings. The summed E-state index contributed by atoms with van der Waals surface area (Å²) < 4.78 is 13.3. The number of benzene rings is 1. The number of carbonyl (C=O) groups is 2. The topological polar surface area (TPSA) is 66.4 Å². The molecule has 1 aromatic carbocycles. The molecule has 0 bridgehead atoms. The molecule has 0 radical (unpaired) electrons. The Hall–Kier alpha value is -1.43. The number of carbonyl (C=O) groups excluding carboxylic acids is 1. The van der Waals surface area contributed by atoms with Crippen LogP contribution in [0.4, 0.5) is 4.39 Å². The molecule has 1 atom stereocenters. The molecule has 102 valence electrons. The quantitative estimate of drug-likeness (QED) is 0.872.